The van der Waals surface area contributed by atoms with Gasteiger partial charge < -0.3 is 20.3 Å². The number of benzene rings is 1. The number of rotatable bonds is 3. The molecule has 0 amide bonds. The molecular weight excluding hydrogens is 222 g/mol. The summed E-state index contributed by atoms with van der Waals surface area (Å²) in [7, 11) is 0. The number of hydrogen-bond donors (Lipinski definition) is 2. The molecule has 17 heavy (non-hydrogen) atoms. The van der Waals surface area contributed by atoms with Gasteiger partial charge in [-0.3, -0.25) is 0 Å². The Kier molecular flexibility index (Phi) is 2.93. The summed E-state index contributed by atoms with van der Waals surface area (Å²) >= 11 is 0. The van der Waals surface area contributed by atoms with E-state index >= 15 is 0 Å². The number of fused-ring (bicyclic) bond motifs is 1. The zero-order valence-corrected chi connectivity index (χ0v) is 9.60. The van der Waals surface area contributed by atoms with Gasteiger partial charge in [0.25, 0.3) is 0 Å². The van der Waals surface area contributed by atoms with E-state index in [1.54, 1.807) is 18.2 Å². The number of carboxylic acids is 1. The van der Waals surface area contributed by atoms with E-state index in [9.17, 15) is 9.90 Å². The third-order valence-corrected chi connectivity index (χ3v) is 2.88. The standard InChI is InChI=1S/C12H15NO4/c1-2-16-8-3-4-10-9(7-8)12(13,11(14)15)5-6-17-10/h3-4,7H,2,5-6,13H2,1H3,(H,14,15). The third kappa shape index (κ3) is 1.93. The van der Waals surface area contributed by atoms with Crippen LogP contribution in [0, 0.1) is 0 Å². The van der Waals surface area contributed by atoms with E-state index in [-0.39, 0.29) is 6.42 Å². The number of hydrogen-bond acceptors (Lipinski definition) is 4. The molecule has 0 bridgehead atoms. The fraction of sp³-hybridized carbons (Fsp3) is 0.417. The lowest BCUT2D eigenvalue weighted by Crippen LogP contribution is -2.48. The minimum Gasteiger partial charge on any atom is -0.494 e. The van der Waals surface area contributed by atoms with Crippen LogP contribution in [0.25, 0.3) is 0 Å². The molecule has 0 saturated heterocycles. The van der Waals surface area contributed by atoms with E-state index < -0.39 is 11.5 Å². The van der Waals surface area contributed by atoms with Crippen LogP contribution in [-0.2, 0) is 10.3 Å². The van der Waals surface area contributed by atoms with Crippen LogP contribution < -0.4 is 15.2 Å². The minimum atomic E-state index is -1.39. The van der Waals surface area contributed by atoms with Gasteiger partial charge in [-0.2, -0.15) is 0 Å². The molecule has 92 valence electrons. The van der Waals surface area contributed by atoms with Crippen LogP contribution in [-0.4, -0.2) is 24.3 Å². The smallest absolute Gasteiger partial charge is 0.328 e. The quantitative estimate of drug-likeness (QED) is 0.822. The average molecular weight is 237 g/mol. The van der Waals surface area contributed by atoms with Crippen molar-refractivity contribution in [2.24, 2.45) is 5.73 Å². The lowest BCUT2D eigenvalue weighted by Gasteiger charge is -2.31. The van der Waals surface area contributed by atoms with E-state index in [2.05, 4.69) is 0 Å². The first kappa shape index (κ1) is 11.7. The number of aliphatic carboxylic acids is 1. The third-order valence-electron chi connectivity index (χ3n) is 2.88. The summed E-state index contributed by atoms with van der Waals surface area (Å²) in [5.41, 5.74) is 5.03. The Bertz CT molecular complexity index is 446. The number of carboxylic acid groups (broad SMARTS) is 1. The van der Waals surface area contributed by atoms with Gasteiger partial charge in [0.05, 0.1) is 13.2 Å². The van der Waals surface area contributed by atoms with Gasteiger partial charge in [-0.25, -0.2) is 4.79 Å². The summed E-state index contributed by atoms with van der Waals surface area (Å²) in [6.45, 7) is 2.69. The molecule has 0 saturated carbocycles. The molecule has 1 aromatic rings. The maximum absolute atomic E-state index is 11.3. The van der Waals surface area contributed by atoms with Gasteiger partial charge >= 0.3 is 5.97 Å². The molecule has 1 atom stereocenters. The lowest BCUT2D eigenvalue weighted by molar-refractivity contribution is -0.144. The van der Waals surface area contributed by atoms with Crippen LogP contribution in [0.3, 0.4) is 0 Å². The molecule has 3 N–H and O–H groups in total. The highest BCUT2D eigenvalue weighted by molar-refractivity contribution is 5.82. The highest BCUT2D eigenvalue weighted by Crippen LogP contribution is 2.37. The Morgan fingerprint density at radius 2 is 2.41 bits per heavy atom. The summed E-state index contributed by atoms with van der Waals surface area (Å²) in [6, 6.07) is 5.09. The van der Waals surface area contributed by atoms with Gasteiger partial charge in [0.2, 0.25) is 0 Å². The normalized spacial score (nSPS) is 22.5. The second kappa shape index (κ2) is 4.25. The summed E-state index contributed by atoms with van der Waals surface area (Å²) in [5, 5.41) is 9.24. The second-order valence-electron chi connectivity index (χ2n) is 3.97. The Morgan fingerprint density at radius 3 is 3.06 bits per heavy atom. The molecule has 1 aliphatic rings. The lowest BCUT2D eigenvalue weighted by atomic mass is 9.85. The zero-order chi connectivity index (χ0) is 12.5. The van der Waals surface area contributed by atoms with Crippen LogP contribution in [0.15, 0.2) is 18.2 Å². The maximum atomic E-state index is 11.3. The van der Waals surface area contributed by atoms with Gasteiger partial charge in [-0.05, 0) is 25.1 Å². The van der Waals surface area contributed by atoms with Crippen molar-refractivity contribution in [1.29, 1.82) is 0 Å². The monoisotopic (exact) mass is 237 g/mol. The minimum absolute atomic E-state index is 0.255. The molecular formula is C12H15NO4. The Hall–Kier alpha value is -1.75. The van der Waals surface area contributed by atoms with E-state index in [0.29, 0.717) is 30.3 Å². The van der Waals surface area contributed by atoms with Gasteiger partial charge in [0.15, 0.2) is 0 Å². The Morgan fingerprint density at radius 1 is 1.65 bits per heavy atom. The number of nitrogens with two attached hydrogens (primary N) is 1. The number of carbonyl (C=O) groups is 1. The second-order valence-corrected chi connectivity index (χ2v) is 3.97. The summed E-state index contributed by atoms with van der Waals surface area (Å²) in [4.78, 5) is 11.3. The van der Waals surface area contributed by atoms with Crippen molar-refractivity contribution in [3.05, 3.63) is 23.8 Å². The van der Waals surface area contributed by atoms with E-state index in [1.165, 1.54) is 0 Å². The summed E-state index contributed by atoms with van der Waals surface area (Å²) in [5.74, 6) is 0.0770. The van der Waals surface area contributed by atoms with Crippen molar-refractivity contribution < 1.29 is 19.4 Å². The van der Waals surface area contributed by atoms with Crippen LogP contribution in [0.1, 0.15) is 18.9 Å². The van der Waals surface area contributed by atoms with Crippen molar-refractivity contribution in [3.63, 3.8) is 0 Å². The largest absolute Gasteiger partial charge is 0.494 e. The summed E-state index contributed by atoms with van der Waals surface area (Å²) < 4.78 is 10.7. The molecule has 1 aliphatic heterocycles. The van der Waals surface area contributed by atoms with E-state index in [1.807, 2.05) is 6.92 Å². The van der Waals surface area contributed by atoms with Crippen LogP contribution in [0.5, 0.6) is 11.5 Å². The number of ether oxygens (including phenoxy) is 2. The van der Waals surface area contributed by atoms with Crippen LogP contribution >= 0.6 is 0 Å². The van der Waals surface area contributed by atoms with Gasteiger partial charge in [-0.15, -0.1) is 0 Å². The molecule has 5 nitrogen and oxygen atoms in total. The van der Waals surface area contributed by atoms with Crippen molar-refractivity contribution in [1.82, 2.24) is 0 Å². The van der Waals surface area contributed by atoms with Crippen LogP contribution in [0.4, 0.5) is 0 Å². The fourth-order valence-electron chi connectivity index (χ4n) is 1.92. The van der Waals surface area contributed by atoms with Gasteiger partial charge in [-0.1, -0.05) is 0 Å². The molecule has 1 heterocycles. The van der Waals surface area contributed by atoms with Crippen molar-refractivity contribution in [3.8, 4) is 11.5 Å². The van der Waals surface area contributed by atoms with Gasteiger partial charge in [0, 0.05) is 12.0 Å². The zero-order valence-electron chi connectivity index (χ0n) is 9.60. The Labute approximate surface area is 99.1 Å². The predicted octanol–water partition coefficient (Wildman–Crippen LogP) is 1.11. The topological polar surface area (TPSA) is 81.8 Å². The molecule has 0 radical (unpaired) electrons. The van der Waals surface area contributed by atoms with Gasteiger partial charge in [0.1, 0.15) is 17.0 Å². The van der Waals surface area contributed by atoms with Crippen molar-refractivity contribution in [2.45, 2.75) is 18.9 Å². The predicted molar refractivity (Wildman–Crippen MR) is 61.2 cm³/mol. The Balaban J connectivity index is 2.48. The van der Waals surface area contributed by atoms with Crippen LogP contribution in [0.2, 0.25) is 0 Å². The first-order valence-corrected chi connectivity index (χ1v) is 5.50. The van der Waals surface area contributed by atoms with E-state index in [0.717, 1.165) is 0 Å². The SMILES string of the molecule is CCOc1ccc2c(c1)C(N)(C(=O)O)CCO2. The van der Waals surface area contributed by atoms with E-state index in [4.69, 9.17) is 15.2 Å². The highest BCUT2D eigenvalue weighted by atomic mass is 16.5. The maximum Gasteiger partial charge on any atom is 0.328 e. The highest BCUT2D eigenvalue weighted by Gasteiger charge is 2.41. The molecule has 0 fully saturated rings. The van der Waals surface area contributed by atoms with Crippen molar-refractivity contribution >= 4 is 5.97 Å². The molecule has 0 spiro atoms. The summed E-state index contributed by atoms with van der Waals surface area (Å²) in [6.07, 6.45) is 0.255. The fourth-order valence-corrected chi connectivity index (χ4v) is 1.92. The molecule has 0 aliphatic carbocycles. The molecule has 0 aromatic heterocycles. The van der Waals surface area contributed by atoms with Crippen molar-refractivity contribution in [2.75, 3.05) is 13.2 Å². The molecule has 2 rings (SSSR count). The molecule has 1 unspecified atom stereocenters. The average Bonchev–Trinajstić information content (AvgIpc) is 2.30. The molecule has 5 heteroatoms. The first-order valence-electron chi connectivity index (χ1n) is 5.50. The first-order chi connectivity index (χ1) is 8.08. The molecule has 1 aromatic carbocycles.